The number of nitrogens with zero attached hydrogens (tertiary/aromatic N) is 1. The first-order valence-electron chi connectivity index (χ1n) is 7.18. The third-order valence-electron chi connectivity index (χ3n) is 3.06. The molecule has 23 heavy (non-hydrogen) atoms. The Kier molecular flexibility index (Phi) is 7.61. The lowest BCUT2D eigenvalue weighted by Gasteiger charge is -2.21. The van der Waals surface area contributed by atoms with Crippen LogP contribution in [0.2, 0.25) is 0 Å². The van der Waals surface area contributed by atoms with Crippen LogP contribution in [0.1, 0.15) is 26.3 Å². The fourth-order valence-electron chi connectivity index (χ4n) is 2.15. The molecular formula is C16H21ClN2O3S. The maximum Gasteiger partial charge on any atom is 0.341 e. The number of thioether (sulfide) groups is 1. The van der Waals surface area contributed by atoms with E-state index in [1.165, 1.54) is 11.8 Å². The number of halogens is 1. The van der Waals surface area contributed by atoms with Crippen LogP contribution in [0.15, 0.2) is 34.8 Å². The molecule has 0 spiro atoms. The van der Waals surface area contributed by atoms with Crippen LogP contribution >= 0.6 is 24.2 Å². The second-order valence-electron chi connectivity index (χ2n) is 4.60. The molecule has 0 saturated carbocycles. The number of carbonyl (C=O) groups is 1. The number of aliphatic imine (C=N–C) groups is 1. The standard InChI is InChI=1S/C16H20N2O3S.ClH/c1-4-20-12-8-6-11(7-9-12)14-13(15(19)21-5-2)10(3)18-16(17)22-14;/h6-9,16H,4-5,17H2,1-3H3;1H. The van der Waals surface area contributed by atoms with Gasteiger partial charge in [0.15, 0.2) is 0 Å². The minimum Gasteiger partial charge on any atom is -0.494 e. The van der Waals surface area contributed by atoms with Crippen molar-refractivity contribution >= 4 is 40.8 Å². The van der Waals surface area contributed by atoms with Crippen molar-refractivity contribution in [2.24, 2.45) is 10.7 Å². The van der Waals surface area contributed by atoms with Crippen LogP contribution in [0.25, 0.3) is 4.91 Å². The lowest BCUT2D eigenvalue weighted by Crippen LogP contribution is -2.24. The van der Waals surface area contributed by atoms with Gasteiger partial charge in [0.25, 0.3) is 0 Å². The van der Waals surface area contributed by atoms with Crippen molar-refractivity contribution in [2.75, 3.05) is 13.2 Å². The van der Waals surface area contributed by atoms with Crippen molar-refractivity contribution in [2.45, 2.75) is 26.3 Å². The largest absolute Gasteiger partial charge is 0.494 e. The minimum atomic E-state index is -0.417. The van der Waals surface area contributed by atoms with Gasteiger partial charge in [-0.25, -0.2) is 4.79 Å². The molecule has 1 aliphatic rings. The number of rotatable bonds is 5. The summed E-state index contributed by atoms with van der Waals surface area (Å²) in [5.41, 5.74) is 7.51. The Hall–Kier alpha value is -1.50. The molecule has 5 nitrogen and oxygen atoms in total. The fourth-order valence-corrected chi connectivity index (χ4v) is 3.22. The van der Waals surface area contributed by atoms with E-state index in [1.807, 2.05) is 31.2 Å². The molecule has 1 aromatic rings. The summed E-state index contributed by atoms with van der Waals surface area (Å²) in [4.78, 5) is 17.3. The molecule has 0 aromatic heterocycles. The van der Waals surface area contributed by atoms with Gasteiger partial charge in [-0.05, 0) is 38.5 Å². The summed E-state index contributed by atoms with van der Waals surface area (Å²) in [5, 5.41) is 0. The van der Waals surface area contributed by atoms with Crippen LogP contribution in [-0.4, -0.2) is 30.4 Å². The molecule has 2 rings (SSSR count). The second kappa shape index (κ2) is 8.96. The molecule has 0 bridgehead atoms. The van der Waals surface area contributed by atoms with E-state index < -0.39 is 5.50 Å². The highest BCUT2D eigenvalue weighted by atomic mass is 35.5. The topological polar surface area (TPSA) is 73.9 Å². The Morgan fingerprint density at radius 1 is 1.26 bits per heavy atom. The average molecular weight is 357 g/mol. The van der Waals surface area contributed by atoms with Gasteiger partial charge in [-0.3, -0.25) is 4.99 Å². The molecule has 1 aromatic carbocycles. The molecule has 1 heterocycles. The van der Waals surface area contributed by atoms with Gasteiger partial charge in [-0.15, -0.1) is 12.4 Å². The highest BCUT2D eigenvalue weighted by molar-refractivity contribution is 8.09. The van der Waals surface area contributed by atoms with Crippen LogP contribution in [0.3, 0.4) is 0 Å². The second-order valence-corrected chi connectivity index (χ2v) is 5.73. The van der Waals surface area contributed by atoms with Crippen molar-refractivity contribution < 1.29 is 14.3 Å². The normalized spacial score (nSPS) is 17.2. The molecule has 126 valence electrons. The summed E-state index contributed by atoms with van der Waals surface area (Å²) in [6.45, 7) is 6.43. The first-order chi connectivity index (χ1) is 10.6. The van der Waals surface area contributed by atoms with E-state index in [4.69, 9.17) is 15.2 Å². The van der Waals surface area contributed by atoms with Crippen LogP contribution in [0, 0.1) is 0 Å². The van der Waals surface area contributed by atoms with E-state index >= 15 is 0 Å². The van der Waals surface area contributed by atoms with E-state index in [1.54, 1.807) is 13.8 Å². The van der Waals surface area contributed by atoms with E-state index in [0.717, 1.165) is 16.2 Å². The molecule has 0 radical (unpaired) electrons. The molecule has 0 aliphatic carbocycles. The molecule has 1 atom stereocenters. The Labute approximate surface area is 146 Å². The predicted octanol–water partition coefficient (Wildman–Crippen LogP) is 3.23. The van der Waals surface area contributed by atoms with Crippen LogP contribution in [0.5, 0.6) is 5.75 Å². The molecule has 2 N–H and O–H groups in total. The number of benzene rings is 1. The number of hydrogen-bond acceptors (Lipinski definition) is 6. The van der Waals surface area contributed by atoms with E-state index in [0.29, 0.717) is 24.5 Å². The van der Waals surface area contributed by atoms with Crippen molar-refractivity contribution in [3.8, 4) is 5.75 Å². The van der Waals surface area contributed by atoms with E-state index in [2.05, 4.69) is 4.99 Å². The lowest BCUT2D eigenvalue weighted by atomic mass is 10.1. The van der Waals surface area contributed by atoms with Crippen molar-refractivity contribution in [3.63, 3.8) is 0 Å². The molecule has 0 saturated heterocycles. The van der Waals surface area contributed by atoms with Gasteiger partial charge in [-0.1, -0.05) is 23.9 Å². The Morgan fingerprint density at radius 3 is 2.48 bits per heavy atom. The van der Waals surface area contributed by atoms with Crippen molar-refractivity contribution in [1.82, 2.24) is 0 Å². The monoisotopic (exact) mass is 356 g/mol. The van der Waals surface area contributed by atoms with Gasteiger partial charge in [-0.2, -0.15) is 0 Å². The zero-order valence-electron chi connectivity index (χ0n) is 13.4. The fraction of sp³-hybridized carbons (Fsp3) is 0.375. The summed E-state index contributed by atoms with van der Waals surface area (Å²) in [6.07, 6.45) is 0. The van der Waals surface area contributed by atoms with Crippen LogP contribution < -0.4 is 10.5 Å². The lowest BCUT2D eigenvalue weighted by molar-refractivity contribution is -0.137. The molecular weight excluding hydrogens is 336 g/mol. The van der Waals surface area contributed by atoms with Crippen LogP contribution in [0.4, 0.5) is 0 Å². The molecule has 1 unspecified atom stereocenters. The van der Waals surface area contributed by atoms with Gasteiger partial charge < -0.3 is 15.2 Å². The number of esters is 1. The highest BCUT2D eigenvalue weighted by Gasteiger charge is 2.27. The van der Waals surface area contributed by atoms with E-state index in [-0.39, 0.29) is 18.4 Å². The Balaban J connectivity index is 0.00000264. The smallest absolute Gasteiger partial charge is 0.341 e. The van der Waals surface area contributed by atoms with Gasteiger partial charge >= 0.3 is 5.97 Å². The number of hydrogen-bond donors (Lipinski definition) is 1. The van der Waals surface area contributed by atoms with Crippen LogP contribution in [-0.2, 0) is 9.53 Å². The molecule has 1 aliphatic heterocycles. The quantitative estimate of drug-likeness (QED) is 0.820. The third kappa shape index (κ3) is 4.73. The molecule has 0 fully saturated rings. The SMILES string of the molecule is CCOC(=O)C1=C(c2ccc(OCC)cc2)SC(N)N=C1C.Cl. The number of nitrogens with two attached hydrogens (primary N) is 1. The first-order valence-corrected chi connectivity index (χ1v) is 8.06. The zero-order valence-corrected chi connectivity index (χ0v) is 15.0. The number of carbonyl (C=O) groups excluding carboxylic acids is 1. The summed E-state index contributed by atoms with van der Waals surface area (Å²) in [7, 11) is 0. The zero-order chi connectivity index (χ0) is 16.1. The maximum atomic E-state index is 12.2. The average Bonchev–Trinajstić information content (AvgIpc) is 2.47. The third-order valence-corrected chi connectivity index (χ3v) is 4.08. The highest BCUT2D eigenvalue weighted by Crippen LogP contribution is 2.38. The summed E-state index contributed by atoms with van der Waals surface area (Å²) < 4.78 is 10.6. The summed E-state index contributed by atoms with van der Waals surface area (Å²) >= 11 is 1.35. The Morgan fingerprint density at radius 2 is 1.91 bits per heavy atom. The minimum absolute atomic E-state index is 0. The number of ether oxygens (including phenoxy) is 2. The van der Waals surface area contributed by atoms with Gasteiger partial charge in [0, 0.05) is 4.91 Å². The Bertz CT molecular complexity index is 614. The summed E-state index contributed by atoms with van der Waals surface area (Å²) in [5.74, 6) is 0.423. The molecule has 7 heteroatoms. The van der Waals surface area contributed by atoms with Gasteiger partial charge in [0.2, 0.25) is 0 Å². The van der Waals surface area contributed by atoms with Gasteiger partial charge in [0.05, 0.1) is 24.5 Å². The predicted molar refractivity (Wildman–Crippen MR) is 97.1 cm³/mol. The molecule has 0 amide bonds. The van der Waals surface area contributed by atoms with Crippen molar-refractivity contribution in [3.05, 3.63) is 35.4 Å². The van der Waals surface area contributed by atoms with Gasteiger partial charge in [0.1, 0.15) is 11.2 Å². The van der Waals surface area contributed by atoms with E-state index in [9.17, 15) is 4.79 Å². The maximum absolute atomic E-state index is 12.2. The first kappa shape index (κ1) is 19.5. The summed E-state index contributed by atoms with van der Waals surface area (Å²) in [6, 6.07) is 7.58. The van der Waals surface area contributed by atoms with Crippen molar-refractivity contribution in [1.29, 1.82) is 0 Å².